The highest BCUT2D eigenvalue weighted by atomic mass is 19.4. The maximum atomic E-state index is 13.5. The third kappa shape index (κ3) is 6.49. The van der Waals surface area contributed by atoms with Gasteiger partial charge in [0.2, 0.25) is 0 Å². The molecule has 0 heterocycles. The normalized spacial score (nSPS) is 29.8. The first kappa shape index (κ1) is 24.8. The van der Waals surface area contributed by atoms with Crippen molar-refractivity contribution in [3.8, 4) is 0 Å². The van der Waals surface area contributed by atoms with Gasteiger partial charge in [0.05, 0.1) is 0 Å². The molecule has 2 rings (SSSR count). The third-order valence-corrected chi connectivity index (χ3v) is 7.35. The number of hydrogen-bond acceptors (Lipinski definition) is 0. The number of unbranched alkanes of at least 4 members (excludes halogenated alkanes) is 2. The van der Waals surface area contributed by atoms with Crippen molar-refractivity contribution in [3.05, 3.63) is 0 Å². The smallest absolute Gasteiger partial charge is 0.200 e. The predicted octanol–water partition coefficient (Wildman–Crippen LogP) is 8.79. The van der Waals surface area contributed by atoms with Crippen LogP contribution in [0.4, 0.5) is 30.7 Å². The van der Waals surface area contributed by atoms with Crippen molar-refractivity contribution >= 4 is 0 Å². The molecule has 0 unspecified atom stereocenters. The molecule has 0 atom stereocenters. The van der Waals surface area contributed by atoms with E-state index >= 15 is 0 Å². The SMILES string of the molecule is CCCCC[C@H]1CC[C@H]([C@H]2CC[C@H](CCC(F)(F)C(F)(F)C(F)(F)F)CC2)CC1. The van der Waals surface area contributed by atoms with Crippen molar-refractivity contribution in [1.29, 1.82) is 0 Å². The van der Waals surface area contributed by atoms with E-state index in [-0.39, 0.29) is 12.3 Å². The molecule has 0 bridgehead atoms. The summed E-state index contributed by atoms with van der Waals surface area (Å²) in [6, 6.07) is 0. The second-order valence-electron chi connectivity index (χ2n) is 9.37. The number of hydrogen-bond donors (Lipinski definition) is 0. The Morgan fingerprint density at radius 3 is 1.48 bits per heavy atom. The van der Waals surface area contributed by atoms with Crippen molar-refractivity contribution < 1.29 is 30.7 Å². The summed E-state index contributed by atoms with van der Waals surface area (Å²) in [6.07, 6.45) is 5.27. The molecule has 0 aliphatic heterocycles. The van der Waals surface area contributed by atoms with Crippen LogP contribution in [0, 0.1) is 23.7 Å². The summed E-state index contributed by atoms with van der Waals surface area (Å²) >= 11 is 0. The molecule has 0 aromatic rings. The van der Waals surface area contributed by atoms with E-state index in [1.54, 1.807) is 0 Å². The standard InChI is InChI=1S/C22H35F7/c1-2-3-4-5-16-6-10-18(11-7-16)19-12-8-17(9-13-19)14-15-20(23,24)21(25,26)22(27,28)29/h16-19H,2-15H2,1H3/t16-,17-,18-,19-. The van der Waals surface area contributed by atoms with Gasteiger partial charge in [-0.3, -0.25) is 0 Å². The Balaban J connectivity index is 1.71. The van der Waals surface area contributed by atoms with Crippen LogP contribution in [0.25, 0.3) is 0 Å². The lowest BCUT2D eigenvalue weighted by molar-refractivity contribution is -0.356. The summed E-state index contributed by atoms with van der Waals surface area (Å²) in [5, 5.41) is 0. The fourth-order valence-corrected chi connectivity index (χ4v) is 5.33. The van der Waals surface area contributed by atoms with Gasteiger partial charge >= 0.3 is 18.0 Å². The van der Waals surface area contributed by atoms with E-state index in [1.807, 2.05) is 0 Å². The van der Waals surface area contributed by atoms with Crippen molar-refractivity contribution in [3.63, 3.8) is 0 Å². The molecule has 0 saturated heterocycles. The molecular weight excluding hydrogens is 397 g/mol. The minimum absolute atomic E-state index is 0.174. The molecule has 0 amide bonds. The van der Waals surface area contributed by atoms with Crippen LogP contribution >= 0.6 is 0 Å². The maximum absolute atomic E-state index is 13.5. The van der Waals surface area contributed by atoms with Crippen LogP contribution < -0.4 is 0 Å². The van der Waals surface area contributed by atoms with E-state index in [0.717, 1.165) is 18.8 Å². The zero-order valence-electron chi connectivity index (χ0n) is 17.4. The van der Waals surface area contributed by atoms with Crippen molar-refractivity contribution in [2.24, 2.45) is 23.7 Å². The highest BCUT2D eigenvalue weighted by Crippen LogP contribution is 2.50. The summed E-state index contributed by atoms with van der Waals surface area (Å²) in [5.41, 5.74) is 0. The zero-order chi connectivity index (χ0) is 21.7. The monoisotopic (exact) mass is 432 g/mol. The third-order valence-electron chi connectivity index (χ3n) is 7.35. The van der Waals surface area contributed by atoms with Crippen molar-refractivity contribution in [2.45, 2.75) is 115 Å². The minimum Gasteiger partial charge on any atom is -0.200 e. The number of rotatable bonds is 9. The topological polar surface area (TPSA) is 0 Å². The van der Waals surface area contributed by atoms with Crippen LogP contribution in [0.5, 0.6) is 0 Å². The van der Waals surface area contributed by atoms with E-state index in [9.17, 15) is 30.7 Å². The number of alkyl halides is 7. The second kappa shape index (κ2) is 10.2. The molecule has 0 N–H and O–H groups in total. The van der Waals surface area contributed by atoms with E-state index in [1.165, 1.54) is 51.4 Å². The molecule has 7 heteroatoms. The fourth-order valence-electron chi connectivity index (χ4n) is 5.33. The average molecular weight is 433 g/mol. The Hall–Kier alpha value is -0.490. The Bertz CT molecular complexity index is 470. The first-order valence-corrected chi connectivity index (χ1v) is 11.3. The molecule has 2 aliphatic carbocycles. The van der Waals surface area contributed by atoms with Crippen LogP contribution in [-0.2, 0) is 0 Å². The van der Waals surface area contributed by atoms with Gasteiger partial charge in [0.15, 0.2) is 0 Å². The lowest BCUT2D eigenvalue weighted by atomic mass is 9.68. The van der Waals surface area contributed by atoms with Crippen LogP contribution in [0.1, 0.15) is 96.8 Å². The molecule has 2 saturated carbocycles. The Labute approximate surface area is 170 Å². The molecule has 0 aromatic heterocycles. The average Bonchev–Trinajstić information content (AvgIpc) is 2.67. The lowest BCUT2D eigenvalue weighted by Crippen LogP contribution is -2.52. The summed E-state index contributed by atoms with van der Waals surface area (Å²) < 4.78 is 89.7. The molecule has 29 heavy (non-hydrogen) atoms. The summed E-state index contributed by atoms with van der Waals surface area (Å²) in [4.78, 5) is 0. The molecule has 2 fully saturated rings. The van der Waals surface area contributed by atoms with Crippen molar-refractivity contribution in [1.82, 2.24) is 0 Å². The summed E-state index contributed by atoms with van der Waals surface area (Å²) in [6.45, 7) is 2.20. The van der Waals surface area contributed by atoms with Gasteiger partial charge in [0.25, 0.3) is 0 Å². The van der Waals surface area contributed by atoms with E-state index in [4.69, 9.17) is 0 Å². The van der Waals surface area contributed by atoms with Gasteiger partial charge in [-0.15, -0.1) is 0 Å². The van der Waals surface area contributed by atoms with Gasteiger partial charge < -0.3 is 0 Å². The van der Waals surface area contributed by atoms with Crippen LogP contribution in [-0.4, -0.2) is 18.0 Å². The van der Waals surface area contributed by atoms with Gasteiger partial charge in [0, 0.05) is 6.42 Å². The van der Waals surface area contributed by atoms with Crippen molar-refractivity contribution in [2.75, 3.05) is 0 Å². The first-order chi connectivity index (χ1) is 13.5. The number of halogens is 7. The molecule has 172 valence electrons. The molecule has 0 aromatic carbocycles. The highest BCUT2D eigenvalue weighted by molar-refractivity contribution is 4.92. The largest absolute Gasteiger partial charge is 0.459 e. The summed E-state index contributed by atoms with van der Waals surface area (Å²) in [5.74, 6) is -9.14. The minimum atomic E-state index is -6.22. The van der Waals surface area contributed by atoms with E-state index < -0.39 is 24.4 Å². The van der Waals surface area contributed by atoms with E-state index in [0.29, 0.717) is 24.7 Å². The summed E-state index contributed by atoms with van der Waals surface area (Å²) in [7, 11) is 0. The Kier molecular flexibility index (Phi) is 8.73. The maximum Gasteiger partial charge on any atom is 0.459 e. The molecule has 0 nitrogen and oxygen atoms in total. The molecular formula is C22H35F7. The van der Waals surface area contributed by atoms with Crippen LogP contribution in [0.15, 0.2) is 0 Å². The quantitative estimate of drug-likeness (QED) is 0.252. The Morgan fingerprint density at radius 1 is 0.621 bits per heavy atom. The Morgan fingerprint density at radius 2 is 1.07 bits per heavy atom. The van der Waals surface area contributed by atoms with Crippen LogP contribution in [0.2, 0.25) is 0 Å². The molecule has 0 radical (unpaired) electrons. The van der Waals surface area contributed by atoms with Gasteiger partial charge in [-0.05, 0) is 55.8 Å². The van der Waals surface area contributed by atoms with Crippen LogP contribution in [0.3, 0.4) is 0 Å². The lowest BCUT2D eigenvalue weighted by Gasteiger charge is -2.38. The predicted molar refractivity (Wildman–Crippen MR) is 100 cm³/mol. The highest BCUT2D eigenvalue weighted by Gasteiger charge is 2.72. The van der Waals surface area contributed by atoms with Gasteiger partial charge in [-0.2, -0.15) is 30.7 Å². The van der Waals surface area contributed by atoms with Gasteiger partial charge in [-0.25, -0.2) is 0 Å². The molecule has 0 spiro atoms. The van der Waals surface area contributed by atoms with Gasteiger partial charge in [0.1, 0.15) is 0 Å². The van der Waals surface area contributed by atoms with E-state index in [2.05, 4.69) is 6.92 Å². The zero-order valence-corrected chi connectivity index (χ0v) is 17.4. The first-order valence-electron chi connectivity index (χ1n) is 11.3. The molecule has 2 aliphatic rings. The van der Waals surface area contributed by atoms with Gasteiger partial charge in [-0.1, -0.05) is 58.3 Å². The second-order valence-corrected chi connectivity index (χ2v) is 9.37. The fraction of sp³-hybridized carbons (Fsp3) is 1.00.